The molecule has 49 heavy (non-hydrogen) atoms. The molecule has 3 atom stereocenters. The molecule has 2 aromatic carbocycles. The van der Waals surface area contributed by atoms with E-state index in [0.29, 0.717) is 11.3 Å². The largest absolute Gasteiger partial charge is 0.480 e. The van der Waals surface area contributed by atoms with E-state index in [2.05, 4.69) is 20.5 Å². The number of halogens is 2. The summed E-state index contributed by atoms with van der Waals surface area (Å²) in [7, 11) is -8.08. The van der Waals surface area contributed by atoms with Crippen LogP contribution in [0.4, 0.5) is 5.69 Å². The number of piperidine rings is 1. The van der Waals surface area contributed by atoms with Gasteiger partial charge in [0.25, 0.3) is 5.91 Å². The van der Waals surface area contributed by atoms with Crippen molar-refractivity contribution in [2.45, 2.75) is 60.0 Å². The lowest BCUT2D eigenvalue weighted by Crippen LogP contribution is -2.51. The standard InChI is InChI=1S/C32H35Cl2N5O8S2/c1-48(44,45)23-6-5-7-24(16-23)49(46,47)39-19-22(38-12-3-2-4-13-38)15-28(39)30(40)37-27(32(42)43)14-20-8-10-21(11-9-20)36-31(41)29-25(33)17-35-18-26(29)34/h5-11,16-18,22,27-28H,2-4,12-15,19H2,1H3,(H,36,41)(H,37,40)(H,42,43)/t22?,27-,28+/m1/s1. The number of benzene rings is 2. The molecule has 2 fully saturated rings. The second-order valence-corrected chi connectivity index (χ2v) is 16.8. The summed E-state index contributed by atoms with van der Waals surface area (Å²) in [5.41, 5.74) is 0.944. The lowest BCUT2D eigenvalue weighted by Gasteiger charge is -2.32. The van der Waals surface area contributed by atoms with Crippen molar-refractivity contribution in [2.75, 3.05) is 31.2 Å². The molecule has 2 aliphatic heterocycles. The number of sulfonamides is 1. The number of rotatable bonds is 11. The van der Waals surface area contributed by atoms with E-state index < -0.39 is 49.7 Å². The second-order valence-electron chi connectivity index (χ2n) is 12.1. The molecule has 5 rings (SSSR count). The van der Waals surface area contributed by atoms with Gasteiger partial charge in [-0.2, -0.15) is 4.31 Å². The summed E-state index contributed by atoms with van der Waals surface area (Å²) in [6, 6.07) is 8.32. The Labute approximate surface area is 294 Å². The Hall–Kier alpha value is -3.60. The third-order valence-electron chi connectivity index (χ3n) is 8.63. The average Bonchev–Trinajstić information content (AvgIpc) is 3.52. The van der Waals surface area contributed by atoms with Gasteiger partial charge in [0, 0.05) is 43.3 Å². The summed E-state index contributed by atoms with van der Waals surface area (Å²) in [4.78, 5) is 44.4. The lowest BCUT2D eigenvalue weighted by molar-refractivity contribution is -0.142. The number of pyridine rings is 1. The van der Waals surface area contributed by atoms with Crippen molar-refractivity contribution in [1.29, 1.82) is 0 Å². The SMILES string of the molecule is CS(=O)(=O)c1cccc(S(=O)(=O)N2CC(N3CCCCC3)C[C@H]2C(=O)N[C@H](Cc2ccc(NC(=O)c3c(Cl)cncc3Cl)cc2)C(=O)O)c1. The van der Waals surface area contributed by atoms with Gasteiger partial charge in [0.1, 0.15) is 12.1 Å². The van der Waals surface area contributed by atoms with Crippen LogP contribution >= 0.6 is 23.2 Å². The number of nitrogens with zero attached hydrogens (tertiary/aromatic N) is 3. The third kappa shape index (κ3) is 8.59. The minimum atomic E-state index is -4.36. The average molecular weight is 753 g/mol. The van der Waals surface area contributed by atoms with Crippen molar-refractivity contribution in [1.82, 2.24) is 19.5 Å². The molecule has 1 unspecified atom stereocenters. The first-order valence-electron chi connectivity index (χ1n) is 15.4. The van der Waals surface area contributed by atoms with Gasteiger partial charge < -0.3 is 15.7 Å². The number of likely N-dealkylation sites (tertiary alicyclic amines) is 1. The molecule has 13 nitrogen and oxygen atoms in total. The molecule has 17 heteroatoms. The maximum Gasteiger partial charge on any atom is 0.326 e. The number of carbonyl (C=O) groups is 3. The summed E-state index contributed by atoms with van der Waals surface area (Å²) in [5, 5.41) is 15.4. The van der Waals surface area contributed by atoms with E-state index in [0.717, 1.165) is 49.0 Å². The molecule has 2 amide bonds. The van der Waals surface area contributed by atoms with E-state index in [1.807, 2.05) is 0 Å². The van der Waals surface area contributed by atoms with Crippen LogP contribution in [0.3, 0.4) is 0 Å². The second kappa shape index (κ2) is 15.1. The highest BCUT2D eigenvalue weighted by Gasteiger charge is 2.46. The Morgan fingerprint density at radius 3 is 2.20 bits per heavy atom. The first-order valence-corrected chi connectivity index (χ1v) is 19.5. The zero-order valence-corrected chi connectivity index (χ0v) is 29.5. The van der Waals surface area contributed by atoms with Crippen LogP contribution in [-0.2, 0) is 35.9 Å². The molecule has 2 saturated heterocycles. The van der Waals surface area contributed by atoms with Gasteiger partial charge in [-0.15, -0.1) is 0 Å². The van der Waals surface area contributed by atoms with Gasteiger partial charge in [0.15, 0.2) is 9.84 Å². The quantitative estimate of drug-likeness (QED) is 0.262. The molecule has 0 radical (unpaired) electrons. The van der Waals surface area contributed by atoms with Gasteiger partial charge in [-0.25, -0.2) is 21.6 Å². The van der Waals surface area contributed by atoms with Crippen molar-refractivity contribution >= 4 is 66.5 Å². The number of aromatic nitrogens is 1. The van der Waals surface area contributed by atoms with Crippen molar-refractivity contribution < 1.29 is 36.3 Å². The first-order chi connectivity index (χ1) is 23.1. The van der Waals surface area contributed by atoms with Crippen LogP contribution in [0, 0.1) is 0 Å². The molecule has 1 aromatic heterocycles. The van der Waals surface area contributed by atoms with Crippen molar-refractivity contribution in [3.63, 3.8) is 0 Å². The zero-order chi connectivity index (χ0) is 35.5. The van der Waals surface area contributed by atoms with Gasteiger partial charge >= 0.3 is 5.97 Å². The Balaban J connectivity index is 1.34. The van der Waals surface area contributed by atoms with E-state index in [4.69, 9.17) is 23.2 Å². The molecule has 3 aromatic rings. The number of amides is 2. The number of anilines is 1. The van der Waals surface area contributed by atoms with Gasteiger partial charge in [-0.3, -0.25) is 19.5 Å². The number of nitrogens with one attached hydrogen (secondary N) is 2. The normalized spacial score (nSPS) is 19.7. The fourth-order valence-electron chi connectivity index (χ4n) is 6.09. The van der Waals surface area contributed by atoms with Crippen molar-refractivity contribution in [3.05, 3.63) is 82.1 Å². The van der Waals surface area contributed by atoms with Crippen LogP contribution in [-0.4, -0.2) is 97.9 Å². The topological polar surface area (TPSA) is 183 Å². The lowest BCUT2D eigenvalue weighted by atomic mass is 10.0. The fraction of sp³-hybridized carbons (Fsp3) is 0.375. The number of carboxylic acid groups (broad SMARTS) is 1. The third-order valence-corrected chi connectivity index (χ3v) is 12.2. The van der Waals surface area contributed by atoms with E-state index in [1.54, 1.807) is 24.3 Å². The van der Waals surface area contributed by atoms with E-state index in [1.165, 1.54) is 30.6 Å². The number of hydrogen-bond acceptors (Lipinski definition) is 9. The monoisotopic (exact) mass is 751 g/mol. The number of hydrogen-bond donors (Lipinski definition) is 3. The maximum absolute atomic E-state index is 14.0. The molecule has 0 saturated carbocycles. The Morgan fingerprint density at radius 1 is 0.959 bits per heavy atom. The van der Waals surface area contributed by atoms with Crippen LogP contribution in [0.1, 0.15) is 41.6 Å². The summed E-state index contributed by atoms with van der Waals surface area (Å²) >= 11 is 12.1. The molecular weight excluding hydrogens is 717 g/mol. The van der Waals surface area contributed by atoms with Gasteiger partial charge in [-0.05, 0) is 68.2 Å². The molecule has 0 spiro atoms. The van der Waals surface area contributed by atoms with E-state index in [9.17, 15) is 36.3 Å². The van der Waals surface area contributed by atoms with Crippen molar-refractivity contribution in [3.8, 4) is 0 Å². The van der Waals surface area contributed by atoms with Gasteiger partial charge in [0.05, 0.1) is 25.4 Å². The first kappa shape index (κ1) is 36.7. The van der Waals surface area contributed by atoms with E-state index >= 15 is 0 Å². The summed E-state index contributed by atoms with van der Waals surface area (Å²) < 4.78 is 53.4. The highest BCUT2D eigenvalue weighted by atomic mass is 35.5. The predicted octanol–water partition coefficient (Wildman–Crippen LogP) is 3.47. The Kier molecular flexibility index (Phi) is 11.3. The van der Waals surface area contributed by atoms with Crippen molar-refractivity contribution in [2.24, 2.45) is 0 Å². The van der Waals surface area contributed by atoms with Gasteiger partial charge in [0.2, 0.25) is 15.9 Å². The van der Waals surface area contributed by atoms with Gasteiger partial charge in [-0.1, -0.05) is 47.8 Å². The molecule has 0 aliphatic carbocycles. The van der Waals surface area contributed by atoms with Crippen LogP contribution in [0.25, 0.3) is 0 Å². The number of sulfone groups is 1. The predicted molar refractivity (Wildman–Crippen MR) is 183 cm³/mol. The van der Waals surface area contributed by atoms with E-state index in [-0.39, 0.29) is 50.8 Å². The Bertz CT molecular complexity index is 1940. The summed E-state index contributed by atoms with van der Waals surface area (Å²) in [6.45, 7) is 1.48. The molecular formula is C32H35Cl2N5O8S2. The number of carboxylic acids is 1. The molecule has 3 N–H and O–H groups in total. The molecule has 262 valence electrons. The summed E-state index contributed by atoms with van der Waals surface area (Å²) in [5.74, 6) is -2.67. The van der Waals surface area contributed by atoms with Crippen LogP contribution in [0.5, 0.6) is 0 Å². The Morgan fingerprint density at radius 2 is 1.59 bits per heavy atom. The maximum atomic E-state index is 14.0. The molecule has 3 heterocycles. The number of carbonyl (C=O) groups excluding carboxylic acids is 2. The minimum Gasteiger partial charge on any atom is -0.480 e. The molecule has 2 aliphatic rings. The number of aliphatic carboxylic acids is 1. The smallest absolute Gasteiger partial charge is 0.326 e. The van der Waals surface area contributed by atoms with Crippen LogP contribution < -0.4 is 10.6 Å². The highest BCUT2D eigenvalue weighted by Crippen LogP contribution is 2.32. The van der Waals surface area contributed by atoms with Crippen LogP contribution in [0.2, 0.25) is 10.0 Å². The minimum absolute atomic E-state index is 0.00956. The zero-order valence-electron chi connectivity index (χ0n) is 26.4. The van der Waals surface area contributed by atoms with Crippen LogP contribution in [0.15, 0.2) is 70.7 Å². The highest BCUT2D eigenvalue weighted by molar-refractivity contribution is 7.91. The summed E-state index contributed by atoms with van der Waals surface area (Å²) in [6.07, 6.45) is 6.48. The fourth-order valence-corrected chi connectivity index (χ4v) is 9.05. The molecule has 0 bridgehead atoms.